The average Bonchev–Trinajstić information content (AvgIpc) is 2.85. The molecule has 118 valence electrons. The summed E-state index contributed by atoms with van der Waals surface area (Å²) in [6.45, 7) is 1.89. The molecule has 1 aromatic carbocycles. The number of aromatic nitrogens is 2. The minimum atomic E-state index is -0.240. The average molecular weight is 415 g/mol. The number of benzene rings is 1. The Balaban J connectivity index is 2.23. The van der Waals surface area contributed by atoms with E-state index >= 15 is 0 Å². The number of nitrogens with zero attached hydrogens (tertiary/aromatic N) is 2. The van der Waals surface area contributed by atoms with Crippen LogP contribution in [0.15, 0.2) is 24.4 Å². The predicted molar refractivity (Wildman–Crippen MR) is 91.4 cm³/mol. The second-order valence-corrected chi connectivity index (χ2v) is 5.96. The lowest BCUT2D eigenvalue weighted by Gasteiger charge is -2.17. The quantitative estimate of drug-likeness (QED) is 0.763. The lowest BCUT2D eigenvalue weighted by Crippen LogP contribution is -2.28. The van der Waals surface area contributed by atoms with Gasteiger partial charge in [-0.3, -0.25) is 9.48 Å². The van der Waals surface area contributed by atoms with Crippen LogP contribution in [0.2, 0.25) is 0 Å². The van der Waals surface area contributed by atoms with E-state index in [9.17, 15) is 4.79 Å². The lowest BCUT2D eigenvalue weighted by atomic mass is 10.1. The molecule has 0 saturated carbocycles. The molecule has 0 spiro atoms. The van der Waals surface area contributed by atoms with Crippen molar-refractivity contribution in [2.45, 2.75) is 13.0 Å². The highest BCUT2D eigenvalue weighted by atomic mass is 127. The van der Waals surface area contributed by atoms with Gasteiger partial charge in [-0.15, -0.1) is 0 Å². The normalized spacial score (nSPS) is 11.9. The van der Waals surface area contributed by atoms with Gasteiger partial charge in [0.05, 0.1) is 23.8 Å². The van der Waals surface area contributed by atoms with Gasteiger partial charge in [0, 0.05) is 18.8 Å². The minimum Gasteiger partial charge on any atom is -0.497 e. The number of rotatable bonds is 5. The van der Waals surface area contributed by atoms with Crippen LogP contribution in [0.4, 0.5) is 0 Å². The third kappa shape index (κ3) is 3.52. The van der Waals surface area contributed by atoms with E-state index in [-0.39, 0.29) is 11.9 Å². The van der Waals surface area contributed by atoms with Crippen molar-refractivity contribution in [1.82, 2.24) is 15.1 Å². The number of aryl methyl sites for hydroxylation is 1. The van der Waals surface area contributed by atoms with Crippen molar-refractivity contribution >= 4 is 28.5 Å². The molecule has 1 unspecified atom stereocenters. The van der Waals surface area contributed by atoms with E-state index in [2.05, 4.69) is 33.0 Å². The maximum absolute atomic E-state index is 12.4. The van der Waals surface area contributed by atoms with Crippen molar-refractivity contribution in [2.24, 2.45) is 7.05 Å². The van der Waals surface area contributed by atoms with Gasteiger partial charge < -0.3 is 14.8 Å². The Labute approximate surface area is 142 Å². The number of methoxy groups -OCH3 is 2. The number of hydrogen-bond donors (Lipinski definition) is 1. The molecule has 22 heavy (non-hydrogen) atoms. The number of carbonyl (C=O) groups is 1. The Hall–Kier alpha value is -1.77. The van der Waals surface area contributed by atoms with Crippen molar-refractivity contribution in [3.63, 3.8) is 0 Å². The van der Waals surface area contributed by atoms with Crippen molar-refractivity contribution < 1.29 is 14.3 Å². The molecule has 1 heterocycles. The fourth-order valence-corrected chi connectivity index (χ4v) is 2.89. The second-order valence-electron chi connectivity index (χ2n) is 4.80. The van der Waals surface area contributed by atoms with E-state index in [1.165, 1.54) is 0 Å². The zero-order valence-electron chi connectivity index (χ0n) is 12.9. The molecule has 0 bridgehead atoms. The molecule has 1 atom stereocenters. The SMILES string of the molecule is COc1ccc(OC)c(C(C)NC(=O)c2nn(C)cc2I)c1. The Kier molecular flexibility index (Phi) is 5.28. The first-order valence-electron chi connectivity index (χ1n) is 6.68. The number of amides is 1. The van der Waals surface area contributed by atoms with E-state index < -0.39 is 0 Å². The van der Waals surface area contributed by atoms with Crippen LogP contribution in [-0.2, 0) is 7.05 Å². The van der Waals surface area contributed by atoms with Crippen LogP contribution in [-0.4, -0.2) is 29.9 Å². The van der Waals surface area contributed by atoms with Crippen LogP contribution >= 0.6 is 22.6 Å². The Morgan fingerprint density at radius 2 is 2.09 bits per heavy atom. The zero-order chi connectivity index (χ0) is 16.3. The largest absolute Gasteiger partial charge is 0.497 e. The van der Waals surface area contributed by atoms with E-state index in [1.54, 1.807) is 32.1 Å². The monoisotopic (exact) mass is 415 g/mol. The van der Waals surface area contributed by atoms with Gasteiger partial charge in [0.2, 0.25) is 0 Å². The summed E-state index contributed by atoms with van der Waals surface area (Å²) in [6, 6.07) is 5.25. The molecule has 0 aliphatic carbocycles. The van der Waals surface area contributed by atoms with Crippen molar-refractivity contribution in [1.29, 1.82) is 0 Å². The summed E-state index contributed by atoms with van der Waals surface area (Å²) in [7, 11) is 4.99. The first kappa shape index (κ1) is 16.6. The van der Waals surface area contributed by atoms with Crippen LogP contribution in [0.5, 0.6) is 11.5 Å². The van der Waals surface area contributed by atoms with Gasteiger partial charge in [-0.2, -0.15) is 5.10 Å². The third-order valence-corrected chi connectivity index (χ3v) is 4.04. The zero-order valence-corrected chi connectivity index (χ0v) is 15.0. The predicted octanol–water partition coefficient (Wildman–Crippen LogP) is 2.53. The minimum absolute atomic E-state index is 0.220. The fourth-order valence-electron chi connectivity index (χ4n) is 2.13. The molecular formula is C15H18IN3O3. The van der Waals surface area contributed by atoms with Crippen LogP contribution in [0, 0.1) is 3.57 Å². The number of ether oxygens (including phenoxy) is 2. The van der Waals surface area contributed by atoms with Gasteiger partial charge in [0.15, 0.2) is 5.69 Å². The Bertz CT molecular complexity index is 685. The van der Waals surface area contributed by atoms with Gasteiger partial charge in [-0.05, 0) is 47.7 Å². The van der Waals surface area contributed by atoms with Crippen LogP contribution < -0.4 is 14.8 Å². The van der Waals surface area contributed by atoms with Gasteiger partial charge in [-0.1, -0.05) is 0 Å². The summed E-state index contributed by atoms with van der Waals surface area (Å²) >= 11 is 2.09. The highest BCUT2D eigenvalue weighted by Crippen LogP contribution is 2.29. The second kappa shape index (κ2) is 6.99. The van der Waals surface area contributed by atoms with Gasteiger partial charge in [0.1, 0.15) is 11.5 Å². The number of carbonyl (C=O) groups excluding carboxylic acids is 1. The van der Waals surface area contributed by atoms with Crippen molar-refractivity contribution in [2.75, 3.05) is 14.2 Å². The molecule has 0 fully saturated rings. The molecule has 0 aliphatic rings. The Morgan fingerprint density at radius 3 is 2.64 bits per heavy atom. The molecule has 1 amide bonds. The molecule has 2 aromatic rings. The summed E-state index contributed by atoms with van der Waals surface area (Å²) in [4.78, 5) is 12.4. The molecule has 6 nitrogen and oxygen atoms in total. The van der Waals surface area contributed by atoms with Crippen molar-refractivity contribution in [3.05, 3.63) is 39.2 Å². The van der Waals surface area contributed by atoms with Crippen LogP contribution in [0.3, 0.4) is 0 Å². The summed E-state index contributed by atoms with van der Waals surface area (Å²) in [5.41, 5.74) is 1.26. The summed E-state index contributed by atoms with van der Waals surface area (Å²) < 4.78 is 13.0. The standard InChI is InChI=1S/C15H18IN3O3/c1-9(11-7-10(21-3)5-6-13(11)22-4)17-15(20)14-12(16)8-19(2)18-14/h5-9H,1-4H3,(H,17,20). The maximum atomic E-state index is 12.4. The fraction of sp³-hybridized carbons (Fsp3) is 0.333. The number of halogens is 1. The van der Waals surface area contributed by atoms with Crippen molar-refractivity contribution in [3.8, 4) is 11.5 Å². The number of nitrogens with one attached hydrogen (secondary N) is 1. The van der Waals surface area contributed by atoms with Crippen LogP contribution in [0.25, 0.3) is 0 Å². The van der Waals surface area contributed by atoms with E-state index in [1.807, 2.05) is 25.1 Å². The van der Waals surface area contributed by atoms with E-state index in [4.69, 9.17) is 9.47 Å². The molecule has 7 heteroatoms. The van der Waals surface area contributed by atoms with Gasteiger partial charge >= 0.3 is 0 Å². The molecule has 0 radical (unpaired) electrons. The topological polar surface area (TPSA) is 65.4 Å². The molecular weight excluding hydrogens is 397 g/mol. The molecule has 0 saturated heterocycles. The molecule has 1 aromatic heterocycles. The highest BCUT2D eigenvalue weighted by Gasteiger charge is 2.19. The summed E-state index contributed by atoms with van der Waals surface area (Å²) in [5.74, 6) is 1.19. The maximum Gasteiger partial charge on any atom is 0.273 e. The molecule has 0 aliphatic heterocycles. The van der Waals surface area contributed by atoms with Crippen LogP contribution in [0.1, 0.15) is 29.0 Å². The highest BCUT2D eigenvalue weighted by molar-refractivity contribution is 14.1. The molecule has 2 rings (SSSR count). The first-order valence-corrected chi connectivity index (χ1v) is 7.76. The Morgan fingerprint density at radius 1 is 1.36 bits per heavy atom. The van der Waals surface area contributed by atoms with E-state index in [0.29, 0.717) is 17.2 Å². The summed E-state index contributed by atoms with van der Waals surface area (Å²) in [5, 5.41) is 7.11. The van der Waals surface area contributed by atoms with Gasteiger partial charge in [0.25, 0.3) is 5.91 Å². The van der Waals surface area contributed by atoms with E-state index in [0.717, 1.165) is 9.13 Å². The molecule has 1 N–H and O–H groups in total. The summed E-state index contributed by atoms with van der Waals surface area (Å²) in [6.07, 6.45) is 1.80. The van der Waals surface area contributed by atoms with Gasteiger partial charge in [-0.25, -0.2) is 0 Å². The number of hydrogen-bond acceptors (Lipinski definition) is 4. The third-order valence-electron chi connectivity index (χ3n) is 3.25. The first-order chi connectivity index (χ1) is 10.5. The smallest absolute Gasteiger partial charge is 0.273 e. The lowest BCUT2D eigenvalue weighted by molar-refractivity contribution is 0.0933.